The average Bonchev–Trinajstić information content (AvgIpc) is 2.72. The largest absolute Gasteiger partial charge is 0.316 e. The van der Waals surface area contributed by atoms with Gasteiger partial charge in [0.2, 0.25) is 10.0 Å². The molecule has 0 radical (unpaired) electrons. The predicted molar refractivity (Wildman–Crippen MR) is 106 cm³/mol. The lowest BCUT2D eigenvalue weighted by Crippen LogP contribution is -2.32. The van der Waals surface area contributed by atoms with Crippen molar-refractivity contribution in [3.63, 3.8) is 0 Å². The van der Waals surface area contributed by atoms with Gasteiger partial charge in [0.15, 0.2) is 0 Å². The Bertz CT molecular complexity index is 1050. The summed E-state index contributed by atoms with van der Waals surface area (Å²) in [5.74, 6) is 0. The molecule has 0 aliphatic carbocycles. The predicted octanol–water partition coefficient (Wildman–Crippen LogP) is 2.47. The molecule has 2 aromatic carbocycles. The lowest BCUT2D eigenvalue weighted by atomic mass is 9.99. The number of nitriles is 1. The normalized spacial score (nSPS) is 14.2. The Morgan fingerprint density at radius 1 is 1.17 bits per heavy atom. The topological polar surface area (TPSA) is 114 Å². The molecular weight excluding hydrogens is 392 g/mol. The van der Waals surface area contributed by atoms with Crippen LogP contribution in [0.3, 0.4) is 0 Å². The van der Waals surface area contributed by atoms with Crippen molar-refractivity contribution in [2.45, 2.75) is 30.7 Å². The van der Waals surface area contributed by atoms with Gasteiger partial charge in [-0.05, 0) is 49.1 Å². The highest BCUT2D eigenvalue weighted by Gasteiger charge is 2.21. The third-order valence-electron chi connectivity index (χ3n) is 4.99. The standard InChI is InChI=1S/C20H23N4O4S/c21-14-17-5-1-2-6-20(17)29(27,28)22-10-3-4-11-23-12-9-16-7-8-19(24(25)26)13-18(16)15-23/h1-2,5-8,13,22H,3-4,9-12,15H2,(H,25,26)/q+1. The lowest BCUT2D eigenvalue weighted by Gasteiger charge is -2.28. The molecule has 0 atom stereocenters. The number of benzene rings is 2. The minimum atomic E-state index is -3.71. The van der Waals surface area contributed by atoms with Crippen LogP contribution in [0.5, 0.6) is 0 Å². The summed E-state index contributed by atoms with van der Waals surface area (Å²) in [6.07, 6.45) is 2.35. The van der Waals surface area contributed by atoms with Gasteiger partial charge in [-0.3, -0.25) is 4.90 Å². The maximum absolute atomic E-state index is 12.4. The number of sulfonamides is 1. The maximum Gasteiger partial charge on any atom is 0.316 e. The zero-order chi connectivity index (χ0) is 20.9. The van der Waals surface area contributed by atoms with Gasteiger partial charge in [0.05, 0.1) is 15.4 Å². The van der Waals surface area contributed by atoms with Crippen LogP contribution in [0.15, 0.2) is 47.4 Å². The van der Waals surface area contributed by atoms with E-state index in [1.54, 1.807) is 24.3 Å². The number of nitrogens with one attached hydrogen (secondary N) is 1. The first kappa shape index (κ1) is 20.9. The van der Waals surface area contributed by atoms with Gasteiger partial charge in [0.25, 0.3) is 4.92 Å². The Hall–Kier alpha value is -2.80. The lowest BCUT2D eigenvalue weighted by molar-refractivity contribution is -0.729. The van der Waals surface area contributed by atoms with E-state index in [-0.39, 0.29) is 21.1 Å². The molecule has 29 heavy (non-hydrogen) atoms. The quantitative estimate of drug-likeness (QED) is 0.506. The SMILES string of the molecule is N#Cc1ccccc1S(=O)(=O)NCCCCN1CCc2ccc([N+](=O)O)cc2C1. The van der Waals surface area contributed by atoms with Gasteiger partial charge in [0, 0.05) is 31.8 Å². The molecule has 0 saturated carbocycles. The smallest absolute Gasteiger partial charge is 0.299 e. The van der Waals surface area contributed by atoms with Crippen molar-refractivity contribution < 1.29 is 18.5 Å². The Labute approximate surface area is 170 Å². The molecule has 3 rings (SSSR count). The van der Waals surface area contributed by atoms with Crippen molar-refractivity contribution in [3.8, 4) is 6.07 Å². The molecule has 8 nitrogen and oxygen atoms in total. The minimum absolute atomic E-state index is 0.00208. The molecule has 0 amide bonds. The average molecular weight is 415 g/mol. The van der Waals surface area contributed by atoms with Crippen LogP contribution in [-0.4, -0.2) is 43.1 Å². The third-order valence-corrected chi connectivity index (χ3v) is 6.51. The fourth-order valence-corrected chi connectivity index (χ4v) is 4.68. The summed E-state index contributed by atoms with van der Waals surface area (Å²) in [4.78, 5) is 13.2. The van der Waals surface area contributed by atoms with Crippen molar-refractivity contribution in [3.05, 3.63) is 64.1 Å². The van der Waals surface area contributed by atoms with E-state index in [4.69, 9.17) is 10.5 Å². The van der Waals surface area contributed by atoms with Crippen LogP contribution in [-0.2, 0) is 23.0 Å². The monoisotopic (exact) mass is 415 g/mol. The van der Waals surface area contributed by atoms with Gasteiger partial charge in [-0.15, -0.1) is 0 Å². The summed E-state index contributed by atoms with van der Waals surface area (Å²) in [6, 6.07) is 13.2. The second kappa shape index (κ2) is 9.13. The van der Waals surface area contributed by atoms with E-state index in [1.165, 1.54) is 17.7 Å². The first-order valence-electron chi connectivity index (χ1n) is 9.40. The van der Waals surface area contributed by atoms with Crippen molar-refractivity contribution in [1.82, 2.24) is 9.62 Å². The van der Waals surface area contributed by atoms with Crippen LogP contribution >= 0.6 is 0 Å². The van der Waals surface area contributed by atoms with E-state index in [0.717, 1.165) is 31.5 Å². The van der Waals surface area contributed by atoms with Gasteiger partial charge in [-0.25, -0.2) is 18.3 Å². The second-order valence-electron chi connectivity index (χ2n) is 6.96. The van der Waals surface area contributed by atoms with Crippen molar-refractivity contribution in [1.29, 1.82) is 5.26 Å². The summed E-state index contributed by atoms with van der Waals surface area (Å²) >= 11 is 0. The van der Waals surface area contributed by atoms with Crippen molar-refractivity contribution >= 4 is 15.7 Å². The van der Waals surface area contributed by atoms with Crippen molar-refractivity contribution in [2.24, 2.45) is 0 Å². The van der Waals surface area contributed by atoms with E-state index < -0.39 is 10.0 Å². The summed E-state index contributed by atoms with van der Waals surface area (Å²) < 4.78 is 27.3. The molecule has 0 aromatic heterocycles. The molecule has 1 heterocycles. The summed E-state index contributed by atoms with van der Waals surface area (Å²) in [7, 11) is -3.71. The first-order valence-corrected chi connectivity index (χ1v) is 10.9. The number of hydrogen-bond donors (Lipinski definition) is 2. The van der Waals surface area contributed by atoms with Crippen LogP contribution in [0.1, 0.15) is 29.5 Å². The van der Waals surface area contributed by atoms with Crippen LogP contribution in [0.2, 0.25) is 0 Å². The molecule has 0 unspecified atom stereocenters. The fourth-order valence-electron chi connectivity index (χ4n) is 3.45. The molecule has 9 heteroatoms. The Morgan fingerprint density at radius 3 is 2.72 bits per heavy atom. The molecule has 0 bridgehead atoms. The highest BCUT2D eigenvalue weighted by molar-refractivity contribution is 7.89. The van der Waals surface area contributed by atoms with Crippen LogP contribution < -0.4 is 4.72 Å². The molecule has 1 aliphatic heterocycles. The Morgan fingerprint density at radius 2 is 1.97 bits per heavy atom. The molecule has 2 N–H and O–H groups in total. The molecular formula is C20H23N4O4S+. The molecule has 0 spiro atoms. The number of unbranched alkanes of at least 4 members (excludes halogenated alkanes) is 1. The highest BCUT2D eigenvalue weighted by atomic mass is 32.2. The number of rotatable bonds is 8. The summed E-state index contributed by atoms with van der Waals surface area (Å²) in [5.41, 5.74) is 2.55. The molecule has 1 aliphatic rings. The first-order chi connectivity index (χ1) is 13.9. The highest BCUT2D eigenvalue weighted by Crippen LogP contribution is 2.23. The molecule has 152 valence electrons. The van der Waals surface area contributed by atoms with E-state index in [2.05, 4.69) is 9.62 Å². The van der Waals surface area contributed by atoms with Gasteiger partial charge < -0.3 is 0 Å². The van der Waals surface area contributed by atoms with Crippen LogP contribution in [0.25, 0.3) is 0 Å². The summed E-state index contributed by atoms with van der Waals surface area (Å²) in [5, 5.41) is 18.1. The van der Waals surface area contributed by atoms with Crippen molar-refractivity contribution in [2.75, 3.05) is 19.6 Å². The van der Waals surface area contributed by atoms with E-state index in [0.29, 0.717) is 19.5 Å². The fraction of sp³-hybridized carbons (Fsp3) is 0.350. The second-order valence-corrected chi connectivity index (χ2v) is 8.70. The van der Waals surface area contributed by atoms with Gasteiger partial charge in [0.1, 0.15) is 6.07 Å². The van der Waals surface area contributed by atoms with E-state index in [9.17, 15) is 13.3 Å². The van der Waals surface area contributed by atoms with E-state index >= 15 is 0 Å². The van der Waals surface area contributed by atoms with Crippen LogP contribution in [0, 0.1) is 16.2 Å². The zero-order valence-corrected chi connectivity index (χ0v) is 16.7. The molecule has 2 aromatic rings. The molecule has 0 saturated heterocycles. The summed E-state index contributed by atoms with van der Waals surface area (Å²) in [6.45, 7) is 2.69. The van der Waals surface area contributed by atoms with Crippen LogP contribution in [0.4, 0.5) is 5.69 Å². The zero-order valence-electron chi connectivity index (χ0n) is 15.9. The van der Waals surface area contributed by atoms with E-state index in [1.807, 2.05) is 12.1 Å². The van der Waals surface area contributed by atoms with Gasteiger partial charge >= 0.3 is 5.69 Å². The Kier molecular flexibility index (Phi) is 6.59. The van der Waals surface area contributed by atoms with Gasteiger partial charge in [-0.2, -0.15) is 5.26 Å². The minimum Gasteiger partial charge on any atom is -0.299 e. The number of fused-ring (bicyclic) bond motifs is 1. The molecule has 0 fully saturated rings. The number of hydrogen-bond acceptors (Lipinski definition) is 5. The number of nitrogens with zero attached hydrogens (tertiary/aromatic N) is 3. The maximum atomic E-state index is 12.4. The third kappa shape index (κ3) is 5.17. The Balaban J connectivity index is 1.47. The van der Waals surface area contributed by atoms with Gasteiger partial charge in [-0.1, -0.05) is 18.2 Å².